The standard InChI is InChI=1S/C11H12BrNO/c1-11(2,13)9-6-7-4-3-5-8(12)10(7)14-9/h3-6H,13H2,1-2H3. The van der Waals surface area contributed by atoms with Gasteiger partial charge in [0.05, 0.1) is 10.0 Å². The van der Waals surface area contributed by atoms with E-state index in [1.165, 1.54) is 0 Å². The number of rotatable bonds is 1. The molecule has 0 unspecified atom stereocenters. The second kappa shape index (κ2) is 3.11. The van der Waals surface area contributed by atoms with Gasteiger partial charge in [0, 0.05) is 5.39 Å². The Balaban J connectivity index is 2.69. The summed E-state index contributed by atoms with van der Waals surface area (Å²) in [5, 5.41) is 1.08. The Bertz CT molecular complexity index is 468. The fraction of sp³-hybridized carbons (Fsp3) is 0.273. The van der Waals surface area contributed by atoms with Crippen LogP contribution in [0.4, 0.5) is 0 Å². The van der Waals surface area contributed by atoms with Crippen LogP contribution < -0.4 is 5.73 Å². The molecule has 0 atom stereocenters. The first-order valence-corrected chi connectivity index (χ1v) is 5.25. The van der Waals surface area contributed by atoms with Gasteiger partial charge in [-0.25, -0.2) is 0 Å². The van der Waals surface area contributed by atoms with Crippen LogP contribution in [-0.4, -0.2) is 0 Å². The largest absolute Gasteiger partial charge is 0.458 e. The van der Waals surface area contributed by atoms with Crippen LogP contribution in [0.15, 0.2) is 33.2 Å². The van der Waals surface area contributed by atoms with Crippen LogP contribution in [-0.2, 0) is 5.54 Å². The number of hydrogen-bond acceptors (Lipinski definition) is 2. The zero-order valence-electron chi connectivity index (χ0n) is 8.17. The molecular formula is C11H12BrNO. The normalized spacial score (nSPS) is 12.3. The molecule has 0 saturated carbocycles. The molecule has 2 nitrogen and oxygen atoms in total. The van der Waals surface area contributed by atoms with Gasteiger partial charge in [0.25, 0.3) is 0 Å². The Kier molecular flexibility index (Phi) is 2.16. The SMILES string of the molecule is CC(C)(N)c1cc2cccc(Br)c2o1. The Labute approximate surface area is 91.2 Å². The van der Waals surface area contributed by atoms with E-state index in [4.69, 9.17) is 10.2 Å². The lowest BCUT2D eigenvalue weighted by molar-refractivity contribution is 0.412. The molecule has 0 fully saturated rings. The van der Waals surface area contributed by atoms with Gasteiger partial charge in [0.1, 0.15) is 11.3 Å². The first-order chi connectivity index (χ1) is 6.48. The fourth-order valence-corrected chi connectivity index (χ4v) is 1.81. The second-order valence-electron chi connectivity index (χ2n) is 3.99. The maximum atomic E-state index is 5.96. The zero-order chi connectivity index (χ0) is 10.3. The summed E-state index contributed by atoms with van der Waals surface area (Å²) in [6.45, 7) is 3.86. The van der Waals surface area contributed by atoms with Crippen molar-refractivity contribution in [2.24, 2.45) is 5.73 Å². The van der Waals surface area contributed by atoms with Crippen LogP contribution in [0.5, 0.6) is 0 Å². The summed E-state index contributed by atoms with van der Waals surface area (Å²) in [6, 6.07) is 7.94. The summed E-state index contributed by atoms with van der Waals surface area (Å²) in [7, 11) is 0. The molecule has 1 heterocycles. The maximum Gasteiger partial charge on any atom is 0.148 e. The molecule has 0 spiro atoms. The first-order valence-electron chi connectivity index (χ1n) is 4.46. The first kappa shape index (κ1) is 9.74. The topological polar surface area (TPSA) is 39.2 Å². The van der Waals surface area contributed by atoms with Crippen LogP contribution in [0.25, 0.3) is 11.0 Å². The Morgan fingerprint density at radius 3 is 2.64 bits per heavy atom. The smallest absolute Gasteiger partial charge is 0.148 e. The van der Waals surface area contributed by atoms with E-state index in [1.54, 1.807) is 0 Å². The third-order valence-corrected chi connectivity index (χ3v) is 2.76. The highest BCUT2D eigenvalue weighted by Crippen LogP contribution is 2.30. The van der Waals surface area contributed by atoms with E-state index in [2.05, 4.69) is 15.9 Å². The molecule has 3 heteroatoms. The number of fused-ring (bicyclic) bond motifs is 1. The molecule has 2 rings (SSSR count). The minimum absolute atomic E-state index is 0.432. The average Bonchev–Trinajstić information content (AvgIpc) is 2.48. The molecule has 0 aliphatic heterocycles. The number of hydrogen-bond donors (Lipinski definition) is 1. The third-order valence-electron chi connectivity index (χ3n) is 2.13. The van der Waals surface area contributed by atoms with Crippen molar-refractivity contribution in [2.45, 2.75) is 19.4 Å². The minimum atomic E-state index is -0.432. The van der Waals surface area contributed by atoms with Crippen LogP contribution in [0.2, 0.25) is 0 Å². The van der Waals surface area contributed by atoms with Gasteiger partial charge in [-0.1, -0.05) is 12.1 Å². The van der Waals surface area contributed by atoms with Crippen LogP contribution in [0.3, 0.4) is 0 Å². The van der Waals surface area contributed by atoms with Gasteiger partial charge in [-0.2, -0.15) is 0 Å². The minimum Gasteiger partial charge on any atom is -0.458 e. The molecule has 1 aromatic heterocycles. The lowest BCUT2D eigenvalue weighted by Crippen LogP contribution is -2.27. The Morgan fingerprint density at radius 2 is 2.07 bits per heavy atom. The predicted molar refractivity (Wildman–Crippen MR) is 61.1 cm³/mol. The van der Waals surface area contributed by atoms with Gasteiger partial charge in [-0.05, 0) is 41.9 Å². The van der Waals surface area contributed by atoms with E-state index in [9.17, 15) is 0 Å². The van der Waals surface area contributed by atoms with E-state index >= 15 is 0 Å². The lowest BCUT2D eigenvalue weighted by atomic mass is 10.0. The van der Waals surface area contributed by atoms with Gasteiger partial charge in [-0.15, -0.1) is 0 Å². The number of benzene rings is 1. The van der Waals surface area contributed by atoms with Crippen LogP contribution >= 0.6 is 15.9 Å². The summed E-state index contributed by atoms with van der Waals surface area (Å²) >= 11 is 3.44. The van der Waals surface area contributed by atoms with E-state index < -0.39 is 5.54 Å². The van der Waals surface area contributed by atoms with Crippen molar-refractivity contribution in [2.75, 3.05) is 0 Å². The molecule has 0 amide bonds. The quantitative estimate of drug-likeness (QED) is 0.847. The van der Waals surface area contributed by atoms with Crippen molar-refractivity contribution in [3.05, 3.63) is 34.5 Å². The number of halogens is 1. The second-order valence-corrected chi connectivity index (χ2v) is 4.84. The molecule has 1 aromatic carbocycles. The maximum absolute atomic E-state index is 5.96. The molecule has 0 aliphatic carbocycles. The fourth-order valence-electron chi connectivity index (χ4n) is 1.35. The molecule has 0 bridgehead atoms. The van der Waals surface area contributed by atoms with Crippen LogP contribution in [0, 0.1) is 0 Å². The van der Waals surface area contributed by atoms with Crippen molar-refractivity contribution >= 4 is 26.9 Å². The van der Waals surface area contributed by atoms with E-state index in [0.717, 1.165) is 21.2 Å². The highest BCUT2D eigenvalue weighted by molar-refractivity contribution is 9.10. The Hall–Kier alpha value is -0.800. The molecule has 2 aromatic rings. The monoisotopic (exact) mass is 253 g/mol. The number of nitrogens with two attached hydrogens (primary N) is 1. The molecule has 0 saturated heterocycles. The molecule has 0 radical (unpaired) electrons. The van der Waals surface area contributed by atoms with Gasteiger partial charge >= 0.3 is 0 Å². The van der Waals surface area contributed by atoms with E-state index in [-0.39, 0.29) is 0 Å². The predicted octanol–water partition coefficient (Wildman–Crippen LogP) is 3.39. The van der Waals surface area contributed by atoms with Crippen molar-refractivity contribution in [1.82, 2.24) is 0 Å². The van der Waals surface area contributed by atoms with Gasteiger partial charge in [-0.3, -0.25) is 0 Å². The van der Waals surface area contributed by atoms with Crippen molar-refractivity contribution < 1.29 is 4.42 Å². The van der Waals surface area contributed by atoms with Crippen molar-refractivity contribution in [3.63, 3.8) is 0 Å². The summed E-state index contributed by atoms with van der Waals surface area (Å²) in [5.74, 6) is 0.805. The summed E-state index contributed by atoms with van der Waals surface area (Å²) in [6.07, 6.45) is 0. The molecule has 74 valence electrons. The van der Waals surface area contributed by atoms with Crippen molar-refractivity contribution in [3.8, 4) is 0 Å². The molecule has 0 aliphatic rings. The van der Waals surface area contributed by atoms with Crippen LogP contribution in [0.1, 0.15) is 19.6 Å². The van der Waals surface area contributed by atoms with E-state index in [0.29, 0.717) is 0 Å². The summed E-state index contributed by atoms with van der Waals surface area (Å²) in [5.41, 5.74) is 6.39. The van der Waals surface area contributed by atoms with Gasteiger partial charge in [0.2, 0.25) is 0 Å². The average molecular weight is 254 g/mol. The zero-order valence-corrected chi connectivity index (χ0v) is 9.76. The molecule has 2 N–H and O–H groups in total. The Morgan fingerprint density at radius 1 is 1.36 bits per heavy atom. The highest BCUT2D eigenvalue weighted by atomic mass is 79.9. The molecule has 14 heavy (non-hydrogen) atoms. The van der Waals surface area contributed by atoms with Gasteiger partial charge < -0.3 is 10.2 Å². The molecular weight excluding hydrogens is 242 g/mol. The van der Waals surface area contributed by atoms with Gasteiger partial charge in [0.15, 0.2) is 0 Å². The summed E-state index contributed by atoms with van der Waals surface area (Å²) in [4.78, 5) is 0. The summed E-state index contributed by atoms with van der Waals surface area (Å²) < 4.78 is 6.65. The third kappa shape index (κ3) is 1.57. The van der Waals surface area contributed by atoms with E-state index in [1.807, 2.05) is 38.1 Å². The number of furan rings is 1. The highest BCUT2D eigenvalue weighted by Gasteiger charge is 2.19. The number of para-hydroxylation sites is 1. The van der Waals surface area contributed by atoms with Crippen molar-refractivity contribution in [1.29, 1.82) is 0 Å². The lowest BCUT2D eigenvalue weighted by Gasteiger charge is -2.13.